The molecule has 0 saturated heterocycles. The Morgan fingerprint density at radius 1 is 0.953 bits per heavy atom. The van der Waals surface area contributed by atoms with Gasteiger partial charge in [0.1, 0.15) is 0 Å². The number of Topliss-reactive ketones (excluding diaryl/α,β-unsaturated/α-hetero) is 1. The molecule has 0 unspecified atom stereocenters. The standard InChI is InChI=1S/C33H27F3N2O5/c1-32(2)16-22-29-21-7-5-4-6-18(21)8-11-23(29)37-31(30(22)25(39)17-32)19-9-12-27(28(14-19)42-3)43-26-13-10-20(33(34,35)36)15-24(26)38(40)41/h4-15,31,37H,16-17H2,1-3H3/t31-/m0/s1. The molecule has 4 aromatic carbocycles. The van der Waals surface area contributed by atoms with E-state index in [4.69, 9.17) is 9.47 Å². The maximum absolute atomic E-state index is 13.7. The molecule has 0 bridgehead atoms. The SMILES string of the molecule is COc1cc([C@@H]2Nc3ccc4ccccc4c3C3=C2C(=O)CC(C)(C)C3)ccc1Oc1ccc(C(F)(F)F)cc1[N+](=O)[O-]. The van der Waals surface area contributed by atoms with Gasteiger partial charge in [-0.05, 0) is 64.1 Å². The summed E-state index contributed by atoms with van der Waals surface area (Å²) in [6.45, 7) is 4.18. The number of benzene rings is 4. The zero-order chi connectivity index (χ0) is 30.7. The minimum absolute atomic E-state index is 0.0435. The maximum atomic E-state index is 13.7. The minimum Gasteiger partial charge on any atom is -0.493 e. The normalized spacial score (nSPS) is 17.6. The number of carbonyl (C=O) groups is 1. The molecule has 43 heavy (non-hydrogen) atoms. The van der Waals surface area contributed by atoms with E-state index in [-0.39, 0.29) is 28.4 Å². The summed E-state index contributed by atoms with van der Waals surface area (Å²) in [7, 11) is 1.39. The van der Waals surface area contributed by atoms with Crippen LogP contribution in [-0.2, 0) is 11.0 Å². The summed E-state index contributed by atoms with van der Waals surface area (Å²) < 4.78 is 50.8. The largest absolute Gasteiger partial charge is 0.493 e. The lowest BCUT2D eigenvalue weighted by Gasteiger charge is -2.40. The Kier molecular flexibility index (Phi) is 6.67. The van der Waals surface area contributed by atoms with Gasteiger partial charge in [0.05, 0.1) is 23.6 Å². The fourth-order valence-corrected chi connectivity index (χ4v) is 6.08. The third-order valence-electron chi connectivity index (χ3n) is 7.96. The van der Waals surface area contributed by atoms with Crippen LogP contribution >= 0.6 is 0 Å². The molecule has 0 radical (unpaired) electrons. The van der Waals surface area contributed by atoms with Crippen molar-refractivity contribution in [2.24, 2.45) is 5.41 Å². The second-order valence-corrected chi connectivity index (χ2v) is 11.6. The van der Waals surface area contributed by atoms with Crippen LogP contribution in [0.2, 0.25) is 0 Å². The van der Waals surface area contributed by atoms with Gasteiger partial charge >= 0.3 is 11.9 Å². The minimum atomic E-state index is -4.75. The van der Waals surface area contributed by atoms with E-state index in [0.29, 0.717) is 30.0 Å². The van der Waals surface area contributed by atoms with E-state index in [9.17, 15) is 28.1 Å². The molecule has 4 aromatic rings. The number of halogens is 3. The van der Waals surface area contributed by atoms with Crippen LogP contribution in [0.25, 0.3) is 16.3 Å². The summed E-state index contributed by atoms with van der Waals surface area (Å²) in [5.41, 5.74) is 2.08. The van der Waals surface area contributed by atoms with E-state index < -0.39 is 28.4 Å². The number of nitro groups is 1. The number of hydrogen-bond acceptors (Lipinski definition) is 6. The van der Waals surface area contributed by atoms with Crippen LogP contribution in [0.4, 0.5) is 24.5 Å². The van der Waals surface area contributed by atoms with Gasteiger partial charge < -0.3 is 14.8 Å². The van der Waals surface area contributed by atoms with Crippen molar-refractivity contribution < 1.29 is 32.4 Å². The molecule has 0 amide bonds. The number of nitrogens with one attached hydrogen (secondary N) is 1. The van der Waals surface area contributed by atoms with Crippen molar-refractivity contribution in [1.82, 2.24) is 0 Å². The lowest BCUT2D eigenvalue weighted by molar-refractivity contribution is -0.385. The molecule has 0 fully saturated rings. The van der Waals surface area contributed by atoms with Crippen molar-refractivity contribution in [3.8, 4) is 17.2 Å². The van der Waals surface area contributed by atoms with Crippen LogP contribution in [0, 0.1) is 15.5 Å². The van der Waals surface area contributed by atoms with E-state index >= 15 is 0 Å². The molecule has 10 heteroatoms. The maximum Gasteiger partial charge on any atom is 0.416 e. The summed E-state index contributed by atoms with van der Waals surface area (Å²) in [6, 6.07) is 18.6. The van der Waals surface area contributed by atoms with E-state index in [1.54, 1.807) is 12.1 Å². The van der Waals surface area contributed by atoms with Crippen LogP contribution in [0.5, 0.6) is 17.2 Å². The lowest BCUT2D eigenvalue weighted by atomic mass is 9.68. The highest BCUT2D eigenvalue weighted by Gasteiger charge is 2.41. The predicted octanol–water partition coefficient (Wildman–Crippen LogP) is 8.88. The summed E-state index contributed by atoms with van der Waals surface area (Å²) in [5.74, 6) is -0.0532. The van der Waals surface area contributed by atoms with Crippen molar-refractivity contribution in [1.29, 1.82) is 0 Å². The highest BCUT2D eigenvalue weighted by Crippen LogP contribution is 2.52. The zero-order valence-corrected chi connectivity index (χ0v) is 23.5. The Labute approximate surface area is 245 Å². The number of ether oxygens (including phenoxy) is 2. The summed E-state index contributed by atoms with van der Waals surface area (Å²) in [4.78, 5) is 24.4. The molecule has 220 valence electrons. The number of ketones is 1. The first kappa shape index (κ1) is 28.3. The van der Waals surface area contributed by atoms with Gasteiger partial charge in [-0.25, -0.2) is 0 Å². The highest BCUT2D eigenvalue weighted by molar-refractivity contribution is 6.12. The number of hydrogen-bond donors (Lipinski definition) is 1. The van der Waals surface area contributed by atoms with Gasteiger partial charge in [0.2, 0.25) is 5.75 Å². The summed E-state index contributed by atoms with van der Waals surface area (Å²) in [6.07, 6.45) is -3.65. The van der Waals surface area contributed by atoms with Crippen molar-refractivity contribution in [3.05, 3.63) is 105 Å². The molecule has 2 aliphatic rings. The van der Waals surface area contributed by atoms with Crippen molar-refractivity contribution in [3.63, 3.8) is 0 Å². The number of rotatable bonds is 5. The molecule has 1 heterocycles. The molecule has 1 aliphatic heterocycles. The highest BCUT2D eigenvalue weighted by atomic mass is 19.4. The second kappa shape index (κ2) is 10.1. The average Bonchev–Trinajstić information content (AvgIpc) is 2.95. The fourth-order valence-electron chi connectivity index (χ4n) is 6.08. The third kappa shape index (κ3) is 5.07. The predicted molar refractivity (Wildman–Crippen MR) is 156 cm³/mol. The second-order valence-electron chi connectivity index (χ2n) is 11.6. The number of fused-ring (bicyclic) bond motifs is 4. The number of alkyl halides is 3. The first-order valence-corrected chi connectivity index (χ1v) is 13.6. The Morgan fingerprint density at radius 2 is 1.70 bits per heavy atom. The van der Waals surface area contributed by atoms with E-state index in [0.717, 1.165) is 39.7 Å². The molecule has 7 nitrogen and oxygen atoms in total. The Hall–Kier alpha value is -4.86. The molecule has 1 aliphatic carbocycles. The fraction of sp³-hybridized carbons (Fsp3) is 0.242. The van der Waals surface area contributed by atoms with Gasteiger partial charge in [-0.15, -0.1) is 0 Å². The molecular formula is C33H27F3N2O5. The van der Waals surface area contributed by atoms with Gasteiger partial charge in [0, 0.05) is 29.3 Å². The number of allylic oxidation sites excluding steroid dienone is 1. The van der Waals surface area contributed by atoms with Crippen LogP contribution in [0.1, 0.15) is 49.4 Å². The van der Waals surface area contributed by atoms with Gasteiger partial charge in [0.15, 0.2) is 17.3 Å². The molecule has 6 rings (SSSR count). The van der Waals surface area contributed by atoms with Crippen molar-refractivity contribution in [2.75, 3.05) is 12.4 Å². The average molecular weight is 589 g/mol. The number of anilines is 1. The van der Waals surface area contributed by atoms with E-state index in [1.807, 2.05) is 30.3 Å². The quantitative estimate of drug-likeness (QED) is 0.185. The first-order chi connectivity index (χ1) is 20.4. The topological polar surface area (TPSA) is 90.7 Å². The summed E-state index contributed by atoms with van der Waals surface area (Å²) >= 11 is 0. The van der Waals surface area contributed by atoms with E-state index in [1.165, 1.54) is 13.2 Å². The van der Waals surface area contributed by atoms with Crippen LogP contribution < -0.4 is 14.8 Å². The van der Waals surface area contributed by atoms with Gasteiger partial charge in [-0.1, -0.05) is 50.2 Å². The summed E-state index contributed by atoms with van der Waals surface area (Å²) in [5, 5.41) is 17.3. The number of nitro benzene ring substituents is 1. The zero-order valence-electron chi connectivity index (χ0n) is 23.5. The lowest BCUT2D eigenvalue weighted by Crippen LogP contribution is -2.33. The number of methoxy groups -OCH3 is 1. The monoisotopic (exact) mass is 588 g/mol. The Bertz CT molecular complexity index is 1840. The molecule has 0 aromatic heterocycles. The van der Waals surface area contributed by atoms with Crippen LogP contribution in [-0.4, -0.2) is 17.8 Å². The third-order valence-corrected chi connectivity index (χ3v) is 7.96. The van der Waals surface area contributed by atoms with E-state index in [2.05, 4.69) is 25.2 Å². The molecule has 1 N–H and O–H groups in total. The molecular weight excluding hydrogens is 561 g/mol. The van der Waals surface area contributed by atoms with Crippen molar-refractivity contribution in [2.45, 2.75) is 38.9 Å². The smallest absolute Gasteiger partial charge is 0.416 e. The molecule has 0 spiro atoms. The van der Waals surface area contributed by atoms with Gasteiger partial charge in [-0.3, -0.25) is 14.9 Å². The number of carbonyl (C=O) groups excluding carboxylic acids is 1. The van der Waals surface area contributed by atoms with Crippen molar-refractivity contribution >= 4 is 33.5 Å². The molecule has 0 saturated carbocycles. The first-order valence-electron chi connectivity index (χ1n) is 13.6. The van der Waals surface area contributed by atoms with Crippen LogP contribution in [0.15, 0.2) is 78.4 Å². The van der Waals surface area contributed by atoms with Crippen LogP contribution in [0.3, 0.4) is 0 Å². The number of nitrogens with zero attached hydrogens (tertiary/aromatic N) is 1. The Balaban J connectivity index is 1.43. The van der Waals surface area contributed by atoms with Gasteiger partial charge in [-0.2, -0.15) is 13.2 Å². The Morgan fingerprint density at radius 3 is 2.42 bits per heavy atom. The molecule has 1 atom stereocenters. The van der Waals surface area contributed by atoms with Gasteiger partial charge in [0.25, 0.3) is 0 Å².